The average Bonchev–Trinajstić information content (AvgIpc) is 2.52. The van der Waals surface area contributed by atoms with Gasteiger partial charge in [0.1, 0.15) is 5.75 Å². The van der Waals surface area contributed by atoms with Crippen molar-refractivity contribution >= 4 is 22.4 Å². The molecule has 0 amide bonds. The highest BCUT2D eigenvalue weighted by Crippen LogP contribution is 2.22. The molecule has 0 spiro atoms. The van der Waals surface area contributed by atoms with E-state index in [0.717, 1.165) is 37.9 Å². The fraction of sp³-hybridized carbons (Fsp3) is 0.625. The Labute approximate surface area is 145 Å². The van der Waals surface area contributed by atoms with Gasteiger partial charge in [0, 0.05) is 19.1 Å². The Morgan fingerprint density at radius 3 is 2.35 bits per heavy atom. The Morgan fingerprint density at radius 1 is 1.17 bits per heavy atom. The minimum atomic E-state index is -3.41. The summed E-state index contributed by atoms with van der Waals surface area (Å²) in [7, 11) is -3.41. The van der Waals surface area contributed by atoms with Gasteiger partial charge in [-0.25, -0.2) is 8.42 Å². The second-order valence-corrected chi connectivity index (χ2v) is 7.71. The van der Waals surface area contributed by atoms with Crippen molar-refractivity contribution in [3.63, 3.8) is 0 Å². The zero-order valence-corrected chi connectivity index (χ0v) is 15.2. The second-order valence-electron chi connectivity index (χ2n) is 5.77. The minimum absolute atomic E-state index is 0. The molecule has 1 heterocycles. The number of unbranched alkanes of at least 4 members (excludes halogenated alkanes) is 2. The molecule has 0 unspecified atom stereocenters. The number of hydrogen-bond donors (Lipinski definition) is 1. The molecule has 5 nitrogen and oxygen atoms in total. The summed E-state index contributed by atoms with van der Waals surface area (Å²) in [4.78, 5) is 0.323. The van der Waals surface area contributed by atoms with Crippen LogP contribution in [-0.4, -0.2) is 38.5 Å². The molecule has 1 fully saturated rings. The number of halogens is 1. The maximum absolute atomic E-state index is 12.5. The molecule has 0 aromatic heterocycles. The molecule has 0 atom stereocenters. The van der Waals surface area contributed by atoms with Gasteiger partial charge in [0.2, 0.25) is 10.0 Å². The lowest BCUT2D eigenvalue weighted by Gasteiger charge is -2.29. The Hall–Kier alpha value is -0.820. The Bertz CT molecular complexity index is 555. The number of piperidine rings is 1. The molecule has 1 aliphatic rings. The van der Waals surface area contributed by atoms with Gasteiger partial charge in [0.05, 0.1) is 11.5 Å². The fourth-order valence-corrected chi connectivity index (χ4v) is 3.98. The largest absolute Gasteiger partial charge is 0.494 e. The normalized spacial score (nSPS) is 16.8. The van der Waals surface area contributed by atoms with Crippen molar-refractivity contribution in [3.8, 4) is 5.75 Å². The molecule has 132 valence electrons. The molecule has 7 heteroatoms. The third-order valence-corrected chi connectivity index (χ3v) is 5.89. The van der Waals surface area contributed by atoms with E-state index >= 15 is 0 Å². The number of hydrogen-bond acceptors (Lipinski definition) is 4. The van der Waals surface area contributed by atoms with Crippen LogP contribution in [0.15, 0.2) is 29.2 Å². The van der Waals surface area contributed by atoms with Crippen LogP contribution < -0.4 is 10.5 Å². The fourth-order valence-electron chi connectivity index (χ4n) is 2.52. The number of nitrogens with zero attached hydrogens (tertiary/aromatic N) is 1. The number of rotatable bonds is 7. The molecule has 1 aromatic rings. The van der Waals surface area contributed by atoms with Gasteiger partial charge in [-0.1, -0.05) is 19.8 Å². The number of nitrogens with two attached hydrogens (primary N) is 1. The van der Waals surface area contributed by atoms with Crippen LogP contribution in [-0.2, 0) is 10.0 Å². The van der Waals surface area contributed by atoms with Gasteiger partial charge in [0.15, 0.2) is 0 Å². The monoisotopic (exact) mass is 362 g/mol. The van der Waals surface area contributed by atoms with Crippen LogP contribution in [0.5, 0.6) is 5.75 Å². The van der Waals surface area contributed by atoms with E-state index in [1.807, 2.05) is 0 Å². The molecule has 1 saturated heterocycles. The first-order chi connectivity index (χ1) is 10.5. The van der Waals surface area contributed by atoms with E-state index < -0.39 is 10.0 Å². The third kappa shape index (κ3) is 5.64. The zero-order chi connectivity index (χ0) is 16.0. The van der Waals surface area contributed by atoms with Crippen LogP contribution in [0, 0.1) is 0 Å². The van der Waals surface area contributed by atoms with E-state index in [2.05, 4.69) is 6.92 Å². The van der Waals surface area contributed by atoms with Gasteiger partial charge < -0.3 is 10.5 Å². The quantitative estimate of drug-likeness (QED) is 0.757. The lowest BCUT2D eigenvalue weighted by Crippen LogP contribution is -2.42. The molecular formula is C16H27ClN2O3S. The summed E-state index contributed by atoms with van der Waals surface area (Å²) >= 11 is 0. The second kappa shape index (κ2) is 9.47. The van der Waals surface area contributed by atoms with Gasteiger partial charge in [0.25, 0.3) is 0 Å². The van der Waals surface area contributed by atoms with E-state index in [1.54, 1.807) is 24.3 Å². The smallest absolute Gasteiger partial charge is 0.243 e. The van der Waals surface area contributed by atoms with Crippen molar-refractivity contribution in [3.05, 3.63) is 24.3 Å². The third-order valence-electron chi connectivity index (χ3n) is 3.98. The van der Waals surface area contributed by atoms with Crippen molar-refractivity contribution < 1.29 is 13.2 Å². The molecule has 0 bridgehead atoms. The molecule has 2 rings (SSSR count). The summed E-state index contributed by atoms with van der Waals surface area (Å²) in [6, 6.07) is 6.83. The predicted molar refractivity (Wildman–Crippen MR) is 94.7 cm³/mol. The Morgan fingerprint density at radius 2 is 1.78 bits per heavy atom. The number of benzene rings is 1. The maximum atomic E-state index is 12.5. The highest BCUT2D eigenvalue weighted by atomic mass is 35.5. The van der Waals surface area contributed by atoms with Crippen LogP contribution in [0.25, 0.3) is 0 Å². The maximum Gasteiger partial charge on any atom is 0.243 e. The summed E-state index contributed by atoms with van der Waals surface area (Å²) in [5.74, 6) is 0.718. The van der Waals surface area contributed by atoms with Crippen LogP contribution >= 0.6 is 12.4 Å². The van der Waals surface area contributed by atoms with Crippen LogP contribution in [0.1, 0.15) is 39.0 Å². The van der Waals surface area contributed by atoms with Crippen LogP contribution in [0.3, 0.4) is 0 Å². The summed E-state index contributed by atoms with van der Waals surface area (Å²) in [5.41, 5.74) is 5.83. The summed E-state index contributed by atoms with van der Waals surface area (Å²) in [6.45, 7) is 3.81. The molecular weight excluding hydrogens is 336 g/mol. The SMILES string of the molecule is CCCCCOc1ccc(S(=O)(=O)N2CCC(N)CC2)cc1.Cl. The Balaban J connectivity index is 0.00000264. The van der Waals surface area contributed by atoms with E-state index in [-0.39, 0.29) is 18.4 Å². The molecule has 1 aliphatic heterocycles. The van der Waals surface area contributed by atoms with Gasteiger partial charge in [-0.3, -0.25) is 0 Å². The first-order valence-corrected chi connectivity index (χ1v) is 9.46. The predicted octanol–water partition coefficient (Wildman–Crippen LogP) is 2.79. The van der Waals surface area contributed by atoms with E-state index in [4.69, 9.17) is 10.5 Å². The van der Waals surface area contributed by atoms with Gasteiger partial charge in [-0.05, 0) is 43.5 Å². The molecule has 2 N–H and O–H groups in total. The first-order valence-electron chi connectivity index (χ1n) is 8.02. The lowest BCUT2D eigenvalue weighted by atomic mass is 10.1. The topological polar surface area (TPSA) is 72.6 Å². The Kier molecular flexibility index (Phi) is 8.33. The van der Waals surface area contributed by atoms with Crippen molar-refractivity contribution in [2.45, 2.75) is 50.0 Å². The molecule has 1 aromatic carbocycles. The van der Waals surface area contributed by atoms with E-state index in [1.165, 1.54) is 4.31 Å². The number of ether oxygens (including phenoxy) is 1. The van der Waals surface area contributed by atoms with Crippen LogP contribution in [0.2, 0.25) is 0 Å². The summed E-state index contributed by atoms with van der Waals surface area (Å²) in [6.07, 6.45) is 4.75. The van der Waals surface area contributed by atoms with Gasteiger partial charge in [-0.15, -0.1) is 12.4 Å². The highest BCUT2D eigenvalue weighted by Gasteiger charge is 2.28. The molecule has 23 heavy (non-hydrogen) atoms. The van der Waals surface area contributed by atoms with Gasteiger partial charge >= 0.3 is 0 Å². The highest BCUT2D eigenvalue weighted by molar-refractivity contribution is 7.89. The lowest BCUT2D eigenvalue weighted by molar-refractivity contribution is 0.306. The summed E-state index contributed by atoms with van der Waals surface area (Å²) in [5, 5.41) is 0. The van der Waals surface area contributed by atoms with Crippen molar-refractivity contribution in [1.29, 1.82) is 0 Å². The van der Waals surface area contributed by atoms with Gasteiger partial charge in [-0.2, -0.15) is 4.31 Å². The van der Waals surface area contributed by atoms with E-state index in [9.17, 15) is 8.42 Å². The molecule has 0 aliphatic carbocycles. The first kappa shape index (κ1) is 20.2. The van der Waals surface area contributed by atoms with Crippen molar-refractivity contribution in [2.75, 3.05) is 19.7 Å². The van der Waals surface area contributed by atoms with Crippen LogP contribution in [0.4, 0.5) is 0 Å². The standard InChI is InChI=1S/C16H26N2O3S.ClH/c1-2-3-4-13-21-15-5-7-16(8-6-15)22(19,20)18-11-9-14(17)10-12-18;/h5-8,14H,2-4,9-13,17H2,1H3;1H. The molecule has 0 saturated carbocycles. The van der Waals surface area contributed by atoms with Crippen molar-refractivity contribution in [1.82, 2.24) is 4.31 Å². The average molecular weight is 363 g/mol. The minimum Gasteiger partial charge on any atom is -0.494 e. The zero-order valence-electron chi connectivity index (χ0n) is 13.6. The van der Waals surface area contributed by atoms with E-state index in [0.29, 0.717) is 24.6 Å². The number of sulfonamides is 1. The van der Waals surface area contributed by atoms with Crippen molar-refractivity contribution in [2.24, 2.45) is 5.73 Å². The summed E-state index contributed by atoms with van der Waals surface area (Å²) < 4.78 is 32.2. The molecule has 0 radical (unpaired) electrons.